The minimum absolute atomic E-state index is 0.00974. The van der Waals surface area contributed by atoms with E-state index in [1.807, 2.05) is 335 Å². The summed E-state index contributed by atoms with van der Waals surface area (Å²) in [5, 5.41) is 9.80. The topological polar surface area (TPSA) is 164 Å². The highest BCUT2D eigenvalue weighted by atomic mass is 16.1. The van der Waals surface area contributed by atoms with Crippen molar-refractivity contribution in [3.8, 4) is 0 Å². The highest BCUT2D eigenvalue weighted by Gasteiger charge is 2.31. The largest absolute Gasteiger partial charge is 0.310 e. The zero-order valence-corrected chi connectivity index (χ0v) is 82.0. The van der Waals surface area contributed by atoms with E-state index in [1.54, 1.807) is 0 Å². The Morgan fingerprint density at radius 1 is 0.179 bits per heavy atom. The van der Waals surface area contributed by atoms with E-state index < -0.39 is 0 Å². The molecule has 0 amide bonds. The van der Waals surface area contributed by atoms with Crippen LogP contribution in [-0.2, 0) is 16.2 Å². The Morgan fingerprint density at radius 2 is 0.441 bits per heavy atom. The van der Waals surface area contributed by atoms with Crippen molar-refractivity contribution < 1.29 is 0 Å². The summed E-state index contributed by atoms with van der Waals surface area (Å²) >= 11 is 0. The van der Waals surface area contributed by atoms with Crippen molar-refractivity contribution in [1.82, 2.24) is 17.6 Å². The van der Waals surface area contributed by atoms with Crippen LogP contribution in [0, 0.1) is 13.8 Å². The fourth-order valence-electron chi connectivity index (χ4n) is 21.5. The second kappa shape index (κ2) is 35.0. The molecule has 0 aliphatic heterocycles. The molecule has 0 saturated carbocycles. The van der Waals surface area contributed by atoms with E-state index in [2.05, 4.69) is 173 Å². The number of aryl methyl sites for hydroxylation is 2. The molecular weight excluding hydrogens is 1790 g/mol. The molecule has 0 atom stereocenters. The van der Waals surface area contributed by atoms with Crippen molar-refractivity contribution in [3.63, 3.8) is 0 Å². The standard InChI is InChI=1S/2C36H28N2O2.C33H22N2O2.C25H21NO2/c1-36(2,3)23-21-27-33-28(22-23)35(40)32-30(37(24-13-6-4-7-14-24)25-15-8-5-9-16-25)19-12-20-31(32)38(33)29-18-11-10-17-26(29)34(27)39;1-36(2,3)23-20-29-33-30(21-23)35(40)28-19-18-26(22-32(28)38(33)31-17-11-10-16-27(31)34(29)39)37(24-12-6-4-7-13-24)25-14-8-5-9-15-25;1-21-18-27-31-28(19-21)33(37)26-20-24(34(22-10-4-2-5-11-22)23-12-6-3-7-13-23)16-17-30(26)35(31)29-15-9-8-14-25(29)32(27)36;1-14-8-7-10-17-21(14)26-20-11-6-5-9-16(20)23(27)18-12-15(25(2,3)4)13-19(22(18)26)24(17)28/h2*4-22H,1-3H3;2-20H,1H3;5-13H,1-4H3. The summed E-state index contributed by atoms with van der Waals surface area (Å²) in [5.74, 6) is 0. The van der Waals surface area contributed by atoms with E-state index in [1.165, 1.54) is 0 Å². The van der Waals surface area contributed by atoms with Gasteiger partial charge < -0.3 is 32.3 Å². The third kappa shape index (κ3) is 15.1. The van der Waals surface area contributed by atoms with Crippen LogP contribution in [0.1, 0.15) is 90.1 Å². The van der Waals surface area contributed by atoms with Gasteiger partial charge in [-0.05, 0) is 282 Å². The van der Waals surface area contributed by atoms with Gasteiger partial charge in [0.05, 0.1) is 77.3 Å². The zero-order valence-electron chi connectivity index (χ0n) is 82.0. The van der Waals surface area contributed by atoms with Gasteiger partial charge in [-0.15, -0.1) is 0 Å². The number of pyridine rings is 8. The lowest BCUT2D eigenvalue weighted by atomic mass is 9.85. The first-order valence-corrected chi connectivity index (χ1v) is 48.9. The summed E-state index contributed by atoms with van der Waals surface area (Å²) in [7, 11) is 0. The Labute approximate surface area is 832 Å². The highest BCUT2D eigenvalue weighted by molar-refractivity contribution is 6.15. The lowest BCUT2D eigenvalue weighted by Crippen LogP contribution is -2.19. The number of aromatic nitrogens is 4. The second-order valence-electron chi connectivity index (χ2n) is 40.8. The minimum Gasteiger partial charge on any atom is -0.310 e. The molecule has 145 heavy (non-hydrogen) atoms. The summed E-state index contributed by atoms with van der Waals surface area (Å²) in [6, 6.07) is 131. The van der Waals surface area contributed by atoms with E-state index in [-0.39, 0.29) is 59.7 Å². The molecule has 0 aliphatic carbocycles. The normalized spacial score (nSPS) is 12.0. The number of hydrogen-bond donors (Lipinski definition) is 0. The molecule has 0 N–H and O–H groups in total. The van der Waals surface area contributed by atoms with Crippen molar-refractivity contribution in [1.29, 1.82) is 0 Å². The Kier molecular flexibility index (Phi) is 21.9. The number of para-hydroxylation sites is 11. The van der Waals surface area contributed by atoms with Crippen molar-refractivity contribution >= 4 is 204 Å². The fraction of sp³-hybridized carbons (Fsp3) is 0.108. The predicted octanol–water partition coefficient (Wildman–Crippen LogP) is 29.1. The van der Waals surface area contributed by atoms with Gasteiger partial charge in [0, 0.05) is 126 Å². The van der Waals surface area contributed by atoms with Crippen LogP contribution in [0.3, 0.4) is 0 Å². The summed E-state index contributed by atoms with van der Waals surface area (Å²) in [4.78, 5) is 117. The van der Waals surface area contributed by atoms with Gasteiger partial charge in [0.25, 0.3) is 0 Å². The quantitative estimate of drug-likeness (QED) is 0.0998. The third-order valence-corrected chi connectivity index (χ3v) is 28.6. The van der Waals surface area contributed by atoms with Gasteiger partial charge >= 0.3 is 0 Å². The zero-order chi connectivity index (χ0) is 100. The van der Waals surface area contributed by atoms with Crippen LogP contribution < -0.4 is 58.1 Å². The molecule has 18 aromatic carbocycles. The molecule has 8 heterocycles. The second-order valence-corrected chi connectivity index (χ2v) is 40.8. The molecule has 702 valence electrons. The molecule has 15 heteroatoms. The van der Waals surface area contributed by atoms with E-state index in [0.29, 0.717) is 103 Å². The van der Waals surface area contributed by atoms with E-state index in [4.69, 9.17) is 0 Å². The molecule has 0 fully saturated rings. The van der Waals surface area contributed by atoms with Gasteiger partial charge in [0.2, 0.25) is 0 Å². The van der Waals surface area contributed by atoms with Gasteiger partial charge in [-0.3, -0.25) is 38.4 Å². The maximum Gasteiger partial charge on any atom is 0.199 e. The van der Waals surface area contributed by atoms with Gasteiger partial charge in [0.1, 0.15) is 0 Å². The molecule has 0 unspecified atom stereocenters. The number of anilines is 9. The summed E-state index contributed by atoms with van der Waals surface area (Å²) < 4.78 is 8.42. The van der Waals surface area contributed by atoms with Gasteiger partial charge in [-0.25, -0.2) is 0 Å². The van der Waals surface area contributed by atoms with Crippen molar-refractivity contribution in [2.75, 3.05) is 14.7 Å². The Hall–Kier alpha value is -18.1. The molecule has 0 radical (unpaired) electrons. The van der Waals surface area contributed by atoms with Crippen molar-refractivity contribution in [2.45, 2.75) is 92.4 Å². The van der Waals surface area contributed by atoms with E-state index in [9.17, 15) is 38.4 Å². The number of fused-ring (bicyclic) bond motifs is 16. The number of rotatable bonds is 9. The average Bonchev–Trinajstić information content (AvgIpc) is 0.709. The van der Waals surface area contributed by atoms with Gasteiger partial charge in [-0.1, -0.05) is 238 Å². The first-order chi connectivity index (χ1) is 70.1. The van der Waals surface area contributed by atoms with Gasteiger partial charge in [-0.2, -0.15) is 0 Å². The number of nitrogens with zero attached hydrogens (tertiary/aromatic N) is 7. The van der Waals surface area contributed by atoms with Crippen molar-refractivity contribution in [3.05, 3.63) is 510 Å². The first kappa shape index (κ1) is 90.7. The molecule has 0 bridgehead atoms. The summed E-state index contributed by atoms with van der Waals surface area (Å²) in [5.41, 5.74) is 21.6. The van der Waals surface area contributed by atoms with Crippen LogP contribution in [0.2, 0.25) is 0 Å². The third-order valence-electron chi connectivity index (χ3n) is 28.6. The maximum absolute atomic E-state index is 14.7. The monoisotopic (exact) mass is 1890 g/mol. The molecule has 0 aliphatic rings. The highest BCUT2D eigenvalue weighted by Crippen LogP contribution is 2.45. The Morgan fingerprint density at radius 3 is 0.821 bits per heavy atom. The number of benzene rings is 18. The van der Waals surface area contributed by atoms with Crippen LogP contribution in [0.15, 0.2) is 439 Å². The SMILES string of the molecule is CC(C)(C)c1cc2c(=O)c3ccccc3n3c4cc(N(c5ccccc5)c5ccccc5)ccc4c(=O)c(c1)c23.CC(C)(C)c1cc2c(=O)c3ccccc3n3c4cccc(N(c5ccccc5)c5ccccc5)c4c(=O)c(c1)c23.Cc1cc2c(=O)c3ccccc3n3c4ccc(N(c5ccccc5)c5ccccc5)cc4c(=O)c(c1)c23.Cc1cccc2c(=O)c3cc(C(C)(C)C)cc4c(=O)c5ccccc5n(c12)c43. The van der Waals surface area contributed by atoms with Crippen molar-refractivity contribution in [2.24, 2.45) is 0 Å². The Balaban J connectivity index is 0.000000108. The molecule has 0 saturated heterocycles. The van der Waals surface area contributed by atoms with Crippen LogP contribution in [0.25, 0.3) is 152 Å². The molecule has 26 aromatic rings. The van der Waals surface area contributed by atoms with Gasteiger partial charge in [0.15, 0.2) is 43.4 Å². The first-order valence-electron chi connectivity index (χ1n) is 48.9. The maximum atomic E-state index is 14.7. The summed E-state index contributed by atoms with van der Waals surface area (Å²) in [6.07, 6.45) is 0. The lowest BCUT2D eigenvalue weighted by Gasteiger charge is -2.27. The molecule has 26 rings (SSSR count). The lowest BCUT2D eigenvalue weighted by molar-refractivity contribution is 0.591. The van der Waals surface area contributed by atoms with Crippen LogP contribution >= 0.6 is 0 Å². The molecule has 0 spiro atoms. The fourth-order valence-corrected chi connectivity index (χ4v) is 21.5. The predicted molar refractivity (Wildman–Crippen MR) is 604 cm³/mol. The van der Waals surface area contributed by atoms with Crippen LogP contribution in [-0.4, -0.2) is 17.6 Å². The van der Waals surface area contributed by atoms with E-state index in [0.717, 1.165) is 129 Å². The average molecular weight is 1890 g/mol. The number of hydrogen-bond acceptors (Lipinski definition) is 11. The van der Waals surface area contributed by atoms with E-state index >= 15 is 0 Å². The van der Waals surface area contributed by atoms with Crippen LogP contribution in [0.5, 0.6) is 0 Å². The smallest absolute Gasteiger partial charge is 0.199 e. The molecule has 15 nitrogen and oxygen atoms in total. The van der Waals surface area contributed by atoms with Crippen LogP contribution in [0.4, 0.5) is 51.2 Å². The molecule has 8 aromatic heterocycles. The summed E-state index contributed by atoms with van der Waals surface area (Å²) in [6.45, 7) is 22.9. The minimum atomic E-state index is -0.242. The Bertz CT molecular complexity index is 10100. The molecular formula is C130H99N7O8.